The van der Waals surface area contributed by atoms with Crippen LogP contribution in [0.1, 0.15) is 44.1 Å². The molecule has 1 aliphatic carbocycles. The maximum Gasteiger partial charge on any atom is 0.303 e. The third-order valence-electron chi connectivity index (χ3n) is 3.88. The number of aliphatic carboxylic acids is 1. The van der Waals surface area contributed by atoms with Gasteiger partial charge in [-0.25, -0.2) is 0 Å². The molecule has 1 fully saturated rings. The van der Waals surface area contributed by atoms with E-state index in [9.17, 15) is 4.79 Å². The summed E-state index contributed by atoms with van der Waals surface area (Å²) >= 11 is 3.46. The van der Waals surface area contributed by atoms with E-state index in [1.165, 1.54) is 24.8 Å². The standard InChI is InChI=1S/C15H20BrNO2/c16-13-7-5-12(6-8-13)15(9-3-10-15)17-11-2-1-4-14(18)19/h5-8,17H,1-4,9-11H2,(H,18,19). The highest BCUT2D eigenvalue weighted by atomic mass is 79.9. The van der Waals surface area contributed by atoms with Gasteiger partial charge in [0.05, 0.1) is 0 Å². The number of rotatable bonds is 7. The van der Waals surface area contributed by atoms with E-state index >= 15 is 0 Å². The van der Waals surface area contributed by atoms with Crippen LogP contribution in [-0.2, 0) is 10.3 Å². The predicted molar refractivity (Wildman–Crippen MR) is 79.2 cm³/mol. The van der Waals surface area contributed by atoms with E-state index < -0.39 is 5.97 Å². The molecular weight excluding hydrogens is 306 g/mol. The lowest BCUT2D eigenvalue weighted by Crippen LogP contribution is -2.48. The summed E-state index contributed by atoms with van der Waals surface area (Å²) in [4.78, 5) is 10.5. The molecule has 1 aliphatic rings. The molecule has 0 saturated heterocycles. The Kier molecular flexibility index (Phi) is 4.99. The fraction of sp³-hybridized carbons (Fsp3) is 0.533. The maximum atomic E-state index is 10.5. The zero-order valence-electron chi connectivity index (χ0n) is 11.0. The van der Waals surface area contributed by atoms with Gasteiger partial charge in [0.2, 0.25) is 0 Å². The quantitative estimate of drug-likeness (QED) is 0.752. The summed E-state index contributed by atoms with van der Waals surface area (Å²) in [5.74, 6) is -0.703. The van der Waals surface area contributed by atoms with E-state index in [1.54, 1.807) is 0 Å². The second kappa shape index (κ2) is 6.53. The first-order valence-corrected chi connectivity index (χ1v) is 7.65. The molecule has 0 aliphatic heterocycles. The van der Waals surface area contributed by atoms with Crippen molar-refractivity contribution < 1.29 is 9.90 Å². The lowest BCUT2D eigenvalue weighted by atomic mass is 9.72. The number of carboxylic acids is 1. The smallest absolute Gasteiger partial charge is 0.303 e. The second-order valence-corrected chi connectivity index (χ2v) is 6.14. The van der Waals surface area contributed by atoms with Gasteiger partial charge in [0.25, 0.3) is 0 Å². The minimum atomic E-state index is -0.703. The van der Waals surface area contributed by atoms with Crippen molar-refractivity contribution in [1.82, 2.24) is 5.32 Å². The summed E-state index contributed by atoms with van der Waals surface area (Å²) < 4.78 is 1.10. The summed E-state index contributed by atoms with van der Waals surface area (Å²) in [5.41, 5.74) is 1.48. The Labute approximate surface area is 122 Å². The largest absolute Gasteiger partial charge is 0.481 e. The van der Waals surface area contributed by atoms with Crippen LogP contribution in [0.25, 0.3) is 0 Å². The average Bonchev–Trinajstić information content (AvgIpc) is 2.33. The molecule has 0 radical (unpaired) electrons. The van der Waals surface area contributed by atoms with Gasteiger partial charge in [0, 0.05) is 16.4 Å². The first kappa shape index (κ1) is 14.5. The summed E-state index contributed by atoms with van der Waals surface area (Å²) in [6, 6.07) is 8.52. The zero-order chi connectivity index (χ0) is 13.7. The third-order valence-corrected chi connectivity index (χ3v) is 4.41. The van der Waals surface area contributed by atoms with Crippen molar-refractivity contribution >= 4 is 21.9 Å². The monoisotopic (exact) mass is 325 g/mol. The minimum absolute atomic E-state index is 0.129. The van der Waals surface area contributed by atoms with E-state index in [2.05, 4.69) is 45.5 Å². The van der Waals surface area contributed by atoms with Crippen LogP contribution >= 0.6 is 15.9 Å². The van der Waals surface area contributed by atoms with Crippen LogP contribution < -0.4 is 5.32 Å². The van der Waals surface area contributed by atoms with Crippen molar-refractivity contribution in [3.8, 4) is 0 Å². The maximum absolute atomic E-state index is 10.5. The Morgan fingerprint density at radius 2 is 1.95 bits per heavy atom. The van der Waals surface area contributed by atoms with E-state index in [-0.39, 0.29) is 12.0 Å². The fourth-order valence-corrected chi connectivity index (χ4v) is 2.86. The molecule has 0 spiro atoms. The molecule has 0 unspecified atom stereocenters. The van der Waals surface area contributed by atoms with Crippen molar-refractivity contribution in [2.75, 3.05) is 6.54 Å². The topological polar surface area (TPSA) is 49.3 Å². The molecular formula is C15H20BrNO2. The van der Waals surface area contributed by atoms with Crippen molar-refractivity contribution in [3.63, 3.8) is 0 Å². The second-order valence-electron chi connectivity index (χ2n) is 5.22. The van der Waals surface area contributed by atoms with Gasteiger partial charge in [-0.2, -0.15) is 0 Å². The Balaban J connectivity index is 1.85. The molecule has 0 heterocycles. The van der Waals surface area contributed by atoms with Gasteiger partial charge in [-0.1, -0.05) is 28.1 Å². The van der Waals surface area contributed by atoms with E-state index in [4.69, 9.17) is 5.11 Å². The van der Waals surface area contributed by atoms with Crippen molar-refractivity contribution in [2.24, 2.45) is 0 Å². The number of hydrogen-bond donors (Lipinski definition) is 2. The van der Waals surface area contributed by atoms with E-state index in [0.717, 1.165) is 23.9 Å². The summed E-state index contributed by atoms with van der Waals surface area (Å²) in [6.07, 6.45) is 5.55. The molecule has 19 heavy (non-hydrogen) atoms. The van der Waals surface area contributed by atoms with Gasteiger partial charge in [-0.15, -0.1) is 0 Å². The number of halogens is 1. The number of nitrogens with one attached hydrogen (secondary N) is 1. The van der Waals surface area contributed by atoms with Crippen LogP contribution in [-0.4, -0.2) is 17.6 Å². The highest BCUT2D eigenvalue weighted by molar-refractivity contribution is 9.10. The van der Waals surface area contributed by atoms with E-state index in [0.29, 0.717) is 0 Å². The molecule has 0 atom stereocenters. The first-order valence-electron chi connectivity index (χ1n) is 6.85. The Bertz CT molecular complexity index is 426. The van der Waals surface area contributed by atoms with Crippen LogP contribution in [0.3, 0.4) is 0 Å². The van der Waals surface area contributed by atoms with Crippen LogP contribution in [0.4, 0.5) is 0 Å². The van der Waals surface area contributed by atoms with Gasteiger partial charge >= 0.3 is 5.97 Å². The molecule has 1 aromatic rings. The lowest BCUT2D eigenvalue weighted by Gasteiger charge is -2.43. The molecule has 2 rings (SSSR count). The predicted octanol–water partition coefficient (Wildman–Crippen LogP) is 3.67. The zero-order valence-corrected chi connectivity index (χ0v) is 12.6. The molecule has 1 aromatic carbocycles. The SMILES string of the molecule is O=C(O)CCCCNC1(c2ccc(Br)cc2)CCC1. The Morgan fingerprint density at radius 1 is 1.26 bits per heavy atom. The first-order chi connectivity index (χ1) is 9.12. The minimum Gasteiger partial charge on any atom is -0.481 e. The van der Waals surface area contributed by atoms with Crippen LogP contribution in [0.5, 0.6) is 0 Å². The molecule has 1 saturated carbocycles. The van der Waals surface area contributed by atoms with Crippen LogP contribution in [0.15, 0.2) is 28.7 Å². The van der Waals surface area contributed by atoms with Gasteiger partial charge in [-0.3, -0.25) is 4.79 Å². The van der Waals surface area contributed by atoms with Crippen molar-refractivity contribution in [2.45, 2.75) is 44.1 Å². The highest BCUT2D eigenvalue weighted by Crippen LogP contribution is 2.41. The number of hydrogen-bond acceptors (Lipinski definition) is 2. The normalized spacial score (nSPS) is 16.9. The molecule has 0 amide bonds. The molecule has 3 nitrogen and oxygen atoms in total. The summed E-state index contributed by atoms with van der Waals surface area (Å²) in [5, 5.41) is 12.2. The number of carbonyl (C=O) groups is 1. The van der Waals surface area contributed by atoms with Crippen molar-refractivity contribution in [3.05, 3.63) is 34.3 Å². The third kappa shape index (κ3) is 3.80. The Hall–Kier alpha value is -0.870. The molecule has 0 aromatic heterocycles. The fourth-order valence-electron chi connectivity index (χ4n) is 2.60. The van der Waals surface area contributed by atoms with Gasteiger partial charge in [-0.05, 0) is 56.3 Å². The Morgan fingerprint density at radius 3 is 2.47 bits per heavy atom. The molecule has 2 N–H and O–H groups in total. The van der Waals surface area contributed by atoms with Gasteiger partial charge < -0.3 is 10.4 Å². The number of unbranched alkanes of at least 4 members (excludes halogenated alkanes) is 1. The molecule has 104 valence electrons. The molecule has 0 bridgehead atoms. The number of carboxylic acid groups (broad SMARTS) is 1. The average molecular weight is 326 g/mol. The van der Waals surface area contributed by atoms with Gasteiger partial charge in [0.1, 0.15) is 0 Å². The van der Waals surface area contributed by atoms with Gasteiger partial charge in [0.15, 0.2) is 0 Å². The summed E-state index contributed by atoms with van der Waals surface area (Å²) in [6.45, 7) is 0.892. The van der Waals surface area contributed by atoms with Crippen LogP contribution in [0.2, 0.25) is 0 Å². The van der Waals surface area contributed by atoms with Crippen molar-refractivity contribution in [1.29, 1.82) is 0 Å². The van der Waals surface area contributed by atoms with E-state index in [1.807, 2.05) is 0 Å². The van der Waals surface area contributed by atoms with Crippen LogP contribution in [0, 0.1) is 0 Å². The molecule has 4 heteroatoms. The lowest BCUT2D eigenvalue weighted by molar-refractivity contribution is -0.137. The number of benzene rings is 1. The summed E-state index contributed by atoms with van der Waals surface area (Å²) in [7, 11) is 0. The highest BCUT2D eigenvalue weighted by Gasteiger charge is 2.37.